The molecule has 9 heavy (non-hydrogen) atoms. The van der Waals surface area contributed by atoms with E-state index in [1.807, 2.05) is 6.92 Å². The molecule has 2 N–H and O–H groups in total. The Morgan fingerprint density at radius 1 is 1.44 bits per heavy atom. The molecule has 0 aliphatic rings. The van der Waals surface area contributed by atoms with Crippen molar-refractivity contribution >= 4 is 0 Å². The van der Waals surface area contributed by atoms with E-state index in [2.05, 4.69) is 0 Å². The maximum absolute atomic E-state index is 9.13. The minimum atomic E-state index is -1.02. The van der Waals surface area contributed by atoms with Gasteiger partial charge in [-0.3, -0.25) is 0 Å². The summed E-state index contributed by atoms with van der Waals surface area (Å²) in [5.74, 6) is 0. The van der Waals surface area contributed by atoms with Gasteiger partial charge in [0, 0.05) is 0 Å². The van der Waals surface area contributed by atoms with Gasteiger partial charge in [0.2, 0.25) is 0 Å². The number of hydrogen-bond donors (Lipinski definition) is 2. The van der Waals surface area contributed by atoms with Crippen molar-refractivity contribution < 1.29 is 10.2 Å². The van der Waals surface area contributed by atoms with Crippen molar-refractivity contribution in [2.75, 3.05) is 0 Å². The van der Waals surface area contributed by atoms with E-state index in [-0.39, 0.29) is 6.10 Å². The van der Waals surface area contributed by atoms with Gasteiger partial charge < -0.3 is 10.2 Å². The third-order valence-corrected chi connectivity index (χ3v) is 1.19. The van der Waals surface area contributed by atoms with Crippen LogP contribution in [0.1, 0.15) is 33.6 Å². The Bertz CT molecular complexity index is 73.5. The van der Waals surface area contributed by atoms with Crippen LogP contribution < -0.4 is 0 Å². The molecule has 0 fully saturated rings. The van der Waals surface area contributed by atoms with Gasteiger partial charge in [0.1, 0.15) is 6.10 Å². The van der Waals surface area contributed by atoms with Crippen LogP contribution in [0.15, 0.2) is 0 Å². The molecule has 0 spiro atoms. The highest BCUT2D eigenvalue weighted by Gasteiger charge is 2.24. The van der Waals surface area contributed by atoms with E-state index < -0.39 is 5.60 Å². The van der Waals surface area contributed by atoms with Gasteiger partial charge in [-0.15, -0.1) is 0 Å². The van der Waals surface area contributed by atoms with E-state index in [9.17, 15) is 0 Å². The van der Waals surface area contributed by atoms with Crippen LogP contribution >= 0.6 is 0 Å². The molecule has 0 saturated carbocycles. The quantitative estimate of drug-likeness (QED) is 0.608. The minimum Gasteiger partial charge on any atom is -0.387 e. The van der Waals surface area contributed by atoms with Crippen LogP contribution in [0, 0.1) is 6.10 Å². The lowest BCUT2D eigenvalue weighted by atomic mass is 9.98. The van der Waals surface area contributed by atoms with E-state index in [4.69, 9.17) is 10.2 Å². The van der Waals surface area contributed by atoms with Crippen LogP contribution in [0.3, 0.4) is 0 Å². The molecule has 2 heteroatoms. The summed E-state index contributed by atoms with van der Waals surface area (Å²) in [5, 5.41) is 18.2. The Labute approximate surface area is 56.5 Å². The van der Waals surface area contributed by atoms with Crippen molar-refractivity contribution in [3.05, 3.63) is 6.10 Å². The van der Waals surface area contributed by atoms with E-state index in [0.29, 0.717) is 6.42 Å². The van der Waals surface area contributed by atoms with E-state index in [0.717, 1.165) is 6.42 Å². The summed E-state index contributed by atoms with van der Waals surface area (Å²) < 4.78 is 0. The highest BCUT2D eigenvalue weighted by Crippen LogP contribution is 2.19. The summed E-state index contributed by atoms with van der Waals surface area (Å²) in [5.41, 5.74) is -1.02. The summed E-state index contributed by atoms with van der Waals surface area (Å²) in [6, 6.07) is 0. The number of aliphatic hydroxyl groups is 2. The standard InChI is InChI=1S/C7H15O2/c1-4-5-6(8)7(2,3)9/h8-9H,4-5H2,1-3H3. The minimum absolute atomic E-state index is 0.171. The fourth-order valence-electron chi connectivity index (χ4n) is 0.543. The second-order valence-electron chi connectivity index (χ2n) is 2.76. The van der Waals surface area contributed by atoms with Crippen LogP contribution in [-0.2, 0) is 0 Å². The largest absolute Gasteiger partial charge is 0.387 e. The van der Waals surface area contributed by atoms with E-state index in [1.54, 1.807) is 13.8 Å². The molecule has 0 saturated heterocycles. The monoisotopic (exact) mass is 131 g/mol. The van der Waals surface area contributed by atoms with E-state index >= 15 is 0 Å². The second kappa shape index (κ2) is 3.18. The lowest BCUT2D eigenvalue weighted by Gasteiger charge is -2.22. The zero-order valence-corrected chi connectivity index (χ0v) is 6.31. The number of rotatable bonds is 3. The van der Waals surface area contributed by atoms with E-state index in [1.165, 1.54) is 0 Å². The van der Waals surface area contributed by atoms with Crippen molar-refractivity contribution in [3.8, 4) is 0 Å². The van der Waals surface area contributed by atoms with Crippen LogP contribution in [0.4, 0.5) is 0 Å². The molecule has 0 aliphatic carbocycles. The van der Waals surface area contributed by atoms with Crippen LogP contribution in [0.25, 0.3) is 0 Å². The highest BCUT2D eigenvalue weighted by molar-refractivity contribution is 4.92. The Morgan fingerprint density at radius 3 is 2.00 bits per heavy atom. The Balaban J connectivity index is 3.59. The van der Waals surface area contributed by atoms with Gasteiger partial charge in [-0.1, -0.05) is 13.3 Å². The van der Waals surface area contributed by atoms with Crippen LogP contribution in [-0.4, -0.2) is 15.8 Å². The second-order valence-corrected chi connectivity index (χ2v) is 2.76. The maximum atomic E-state index is 9.13. The molecule has 2 nitrogen and oxygen atoms in total. The van der Waals surface area contributed by atoms with Crippen molar-refractivity contribution in [2.45, 2.75) is 39.2 Å². The molecule has 0 aromatic rings. The first-order valence-corrected chi connectivity index (χ1v) is 3.26. The van der Waals surface area contributed by atoms with Gasteiger partial charge in [0.15, 0.2) is 0 Å². The van der Waals surface area contributed by atoms with Gasteiger partial charge >= 0.3 is 0 Å². The molecule has 0 unspecified atom stereocenters. The first kappa shape index (κ1) is 8.92. The molecule has 55 valence electrons. The molecule has 0 heterocycles. The van der Waals surface area contributed by atoms with Crippen molar-refractivity contribution in [1.82, 2.24) is 0 Å². The molecule has 0 aromatic carbocycles. The SMILES string of the molecule is CCC[C](O)C(C)(C)O. The number of hydrogen-bond acceptors (Lipinski definition) is 2. The fourth-order valence-corrected chi connectivity index (χ4v) is 0.543. The summed E-state index contributed by atoms with van der Waals surface area (Å²) in [6.07, 6.45) is 1.63. The normalized spacial score (nSPS) is 12.7. The Hall–Kier alpha value is -0.0800. The fraction of sp³-hybridized carbons (Fsp3) is 0.857. The molecule has 0 aliphatic heterocycles. The molecular formula is C7H15O2. The predicted molar refractivity (Wildman–Crippen MR) is 36.4 cm³/mol. The predicted octanol–water partition coefficient (Wildman–Crippen LogP) is 1.46. The van der Waals surface area contributed by atoms with Gasteiger partial charge in [0.05, 0.1) is 5.60 Å². The Kier molecular flexibility index (Phi) is 3.15. The smallest absolute Gasteiger partial charge is 0.124 e. The summed E-state index contributed by atoms with van der Waals surface area (Å²) in [6.45, 7) is 5.12. The molecule has 1 radical (unpaired) electrons. The molecule has 0 aromatic heterocycles. The van der Waals surface area contributed by atoms with Gasteiger partial charge in [-0.25, -0.2) is 0 Å². The summed E-state index contributed by atoms with van der Waals surface area (Å²) in [4.78, 5) is 0. The lowest BCUT2D eigenvalue weighted by molar-refractivity contribution is 0.0173. The molecule has 0 amide bonds. The Morgan fingerprint density at radius 2 is 1.89 bits per heavy atom. The third kappa shape index (κ3) is 3.49. The highest BCUT2D eigenvalue weighted by atomic mass is 16.3. The molecule has 0 atom stereocenters. The van der Waals surface area contributed by atoms with Gasteiger partial charge in [-0.2, -0.15) is 0 Å². The first-order valence-electron chi connectivity index (χ1n) is 3.26. The zero-order valence-electron chi connectivity index (χ0n) is 6.31. The maximum Gasteiger partial charge on any atom is 0.124 e. The van der Waals surface area contributed by atoms with Gasteiger partial charge in [-0.05, 0) is 20.3 Å². The van der Waals surface area contributed by atoms with Crippen molar-refractivity contribution in [3.63, 3.8) is 0 Å². The van der Waals surface area contributed by atoms with Crippen molar-refractivity contribution in [2.24, 2.45) is 0 Å². The van der Waals surface area contributed by atoms with Crippen LogP contribution in [0.2, 0.25) is 0 Å². The number of aliphatic hydroxyl groups excluding tert-OH is 1. The van der Waals surface area contributed by atoms with Crippen LogP contribution in [0.5, 0.6) is 0 Å². The average molecular weight is 131 g/mol. The van der Waals surface area contributed by atoms with Gasteiger partial charge in [0.25, 0.3) is 0 Å². The topological polar surface area (TPSA) is 40.5 Å². The first-order chi connectivity index (χ1) is 3.98. The summed E-state index contributed by atoms with van der Waals surface area (Å²) in [7, 11) is 0. The zero-order chi connectivity index (χ0) is 7.49. The van der Waals surface area contributed by atoms with Crippen molar-refractivity contribution in [1.29, 1.82) is 0 Å². The molecule has 0 rings (SSSR count). The average Bonchev–Trinajstić information content (AvgIpc) is 1.64. The molecular weight excluding hydrogens is 116 g/mol. The molecule has 0 bridgehead atoms. The summed E-state index contributed by atoms with van der Waals surface area (Å²) >= 11 is 0. The third-order valence-electron chi connectivity index (χ3n) is 1.19. The lowest BCUT2D eigenvalue weighted by Crippen LogP contribution is -2.28.